The summed E-state index contributed by atoms with van der Waals surface area (Å²) in [5.74, 6) is -0.388. The van der Waals surface area contributed by atoms with Gasteiger partial charge in [0.1, 0.15) is 11.6 Å². The van der Waals surface area contributed by atoms with Crippen LogP contribution in [0, 0.1) is 17.6 Å². The molecule has 0 spiro atoms. The summed E-state index contributed by atoms with van der Waals surface area (Å²) in [7, 11) is 1.69. The Balaban J connectivity index is 2.16. The van der Waals surface area contributed by atoms with E-state index < -0.39 is 11.6 Å². The molecule has 3 nitrogen and oxygen atoms in total. The van der Waals surface area contributed by atoms with E-state index in [0.717, 1.165) is 32.0 Å². The van der Waals surface area contributed by atoms with E-state index in [-0.39, 0.29) is 12.6 Å². The minimum Gasteiger partial charge on any atom is -0.384 e. The predicted octanol–water partition coefficient (Wildman–Crippen LogP) is 2.32. The zero-order chi connectivity index (χ0) is 14.5. The Bertz CT molecular complexity index is 440. The fourth-order valence-corrected chi connectivity index (χ4v) is 2.99. The Morgan fingerprint density at radius 2 is 2.25 bits per heavy atom. The van der Waals surface area contributed by atoms with Gasteiger partial charge in [0.25, 0.3) is 0 Å². The molecule has 0 saturated carbocycles. The van der Waals surface area contributed by atoms with Crippen molar-refractivity contribution < 1.29 is 13.5 Å². The SMILES string of the molecule is COCC1CCCN(C(CN)c2cc(F)ccc2F)C1. The van der Waals surface area contributed by atoms with Crippen molar-refractivity contribution in [3.05, 3.63) is 35.4 Å². The maximum Gasteiger partial charge on any atom is 0.128 e. The van der Waals surface area contributed by atoms with Crippen molar-refractivity contribution in [3.63, 3.8) is 0 Å². The second-order valence-corrected chi connectivity index (χ2v) is 5.38. The lowest BCUT2D eigenvalue weighted by molar-refractivity contribution is 0.0687. The molecule has 2 N–H and O–H groups in total. The van der Waals surface area contributed by atoms with Gasteiger partial charge in [-0.05, 0) is 43.5 Å². The Hall–Kier alpha value is -1.04. The van der Waals surface area contributed by atoms with E-state index >= 15 is 0 Å². The molecule has 1 aliphatic rings. The predicted molar refractivity (Wildman–Crippen MR) is 74.3 cm³/mol. The number of likely N-dealkylation sites (tertiary alicyclic amines) is 1. The van der Waals surface area contributed by atoms with Gasteiger partial charge in [0.2, 0.25) is 0 Å². The Morgan fingerprint density at radius 1 is 1.45 bits per heavy atom. The van der Waals surface area contributed by atoms with Gasteiger partial charge >= 0.3 is 0 Å². The first-order valence-corrected chi connectivity index (χ1v) is 7.03. The van der Waals surface area contributed by atoms with Crippen LogP contribution in [0.2, 0.25) is 0 Å². The minimum atomic E-state index is -0.426. The van der Waals surface area contributed by atoms with E-state index in [1.54, 1.807) is 7.11 Å². The van der Waals surface area contributed by atoms with Crippen molar-refractivity contribution >= 4 is 0 Å². The van der Waals surface area contributed by atoms with Gasteiger partial charge in [-0.15, -0.1) is 0 Å². The maximum atomic E-state index is 13.9. The third-order valence-electron chi connectivity index (χ3n) is 3.93. The van der Waals surface area contributed by atoms with Crippen LogP contribution in [0.3, 0.4) is 0 Å². The number of nitrogens with zero attached hydrogens (tertiary/aromatic N) is 1. The van der Waals surface area contributed by atoms with E-state index in [4.69, 9.17) is 10.5 Å². The second kappa shape index (κ2) is 7.11. The molecular formula is C15H22F2N2O. The van der Waals surface area contributed by atoms with Gasteiger partial charge < -0.3 is 10.5 Å². The van der Waals surface area contributed by atoms with E-state index in [9.17, 15) is 8.78 Å². The van der Waals surface area contributed by atoms with Crippen LogP contribution in [0.1, 0.15) is 24.4 Å². The Labute approximate surface area is 118 Å². The van der Waals surface area contributed by atoms with E-state index in [1.807, 2.05) is 0 Å². The highest BCUT2D eigenvalue weighted by Gasteiger charge is 2.27. The molecule has 0 bridgehead atoms. The second-order valence-electron chi connectivity index (χ2n) is 5.38. The number of rotatable bonds is 5. The third kappa shape index (κ3) is 3.53. The first-order chi connectivity index (χ1) is 9.65. The fourth-order valence-electron chi connectivity index (χ4n) is 2.99. The third-order valence-corrected chi connectivity index (χ3v) is 3.93. The summed E-state index contributed by atoms with van der Waals surface area (Å²) in [6.07, 6.45) is 2.13. The van der Waals surface area contributed by atoms with Crippen LogP contribution in [0.5, 0.6) is 0 Å². The monoisotopic (exact) mass is 284 g/mol. The molecule has 1 fully saturated rings. The van der Waals surface area contributed by atoms with Gasteiger partial charge in [0, 0.05) is 25.8 Å². The smallest absolute Gasteiger partial charge is 0.128 e. The highest BCUT2D eigenvalue weighted by Crippen LogP contribution is 2.28. The lowest BCUT2D eigenvalue weighted by Gasteiger charge is -2.38. The largest absolute Gasteiger partial charge is 0.384 e. The fraction of sp³-hybridized carbons (Fsp3) is 0.600. The van der Waals surface area contributed by atoms with Crippen LogP contribution < -0.4 is 5.73 Å². The van der Waals surface area contributed by atoms with Gasteiger partial charge in [-0.25, -0.2) is 8.78 Å². The highest BCUT2D eigenvalue weighted by atomic mass is 19.1. The molecule has 1 aromatic rings. The van der Waals surface area contributed by atoms with Crippen molar-refractivity contribution in [2.24, 2.45) is 11.7 Å². The molecule has 0 aliphatic carbocycles. The molecule has 5 heteroatoms. The molecule has 2 unspecified atom stereocenters. The van der Waals surface area contributed by atoms with Crippen molar-refractivity contribution in [1.29, 1.82) is 0 Å². The molecule has 2 atom stereocenters. The molecule has 2 rings (SSSR count). The van der Waals surface area contributed by atoms with Gasteiger partial charge in [-0.2, -0.15) is 0 Å². The molecule has 0 amide bonds. The summed E-state index contributed by atoms with van der Waals surface area (Å²) in [5, 5.41) is 0. The number of piperidine rings is 1. The number of halogens is 2. The van der Waals surface area contributed by atoms with E-state index in [0.29, 0.717) is 18.1 Å². The Morgan fingerprint density at radius 3 is 2.95 bits per heavy atom. The molecule has 0 aromatic heterocycles. The van der Waals surface area contributed by atoms with Crippen molar-refractivity contribution in [3.8, 4) is 0 Å². The van der Waals surface area contributed by atoms with Crippen LogP contribution in [0.25, 0.3) is 0 Å². The summed E-state index contributed by atoms with van der Waals surface area (Å²) in [5.41, 5.74) is 6.16. The first-order valence-electron chi connectivity index (χ1n) is 7.03. The Kier molecular flexibility index (Phi) is 5.46. The summed E-state index contributed by atoms with van der Waals surface area (Å²) in [6, 6.07) is 3.29. The molecule has 1 aliphatic heterocycles. The quantitative estimate of drug-likeness (QED) is 0.902. The number of benzene rings is 1. The van der Waals surface area contributed by atoms with E-state index in [1.165, 1.54) is 12.1 Å². The molecular weight excluding hydrogens is 262 g/mol. The van der Waals surface area contributed by atoms with Gasteiger partial charge in [-0.3, -0.25) is 4.90 Å². The van der Waals surface area contributed by atoms with Crippen molar-refractivity contribution in [2.75, 3.05) is 33.4 Å². The molecule has 1 aromatic carbocycles. The molecule has 112 valence electrons. The number of ether oxygens (including phenoxy) is 1. The minimum absolute atomic E-state index is 0.273. The van der Waals surface area contributed by atoms with Crippen molar-refractivity contribution in [2.45, 2.75) is 18.9 Å². The van der Waals surface area contributed by atoms with E-state index in [2.05, 4.69) is 4.90 Å². The maximum absolute atomic E-state index is 13.9. The first kappa shape index (κ1) is 15.4. The highest BCUT2D eigenvalue weighted by molar-refractivity contribution is 5.23. The summed E-state index contributed by atoms with van der Waals surface area (Å²) in [4.78, 5) is 2.14. The van der Waals surface area contributed by atoms with Crippen LogP contribution in [0.15, 0.2) is 18.2 Å². The summed E-state index contributed by atoms with van der Waals surface area (Å²) >= 11 is 0. The molecule has 1 heterocycles. The van der Waals surface area contributed by atoms with Gasteiger partial charge in [-0.1, -0.05) is 0 Å². The van der Waals surface area contributed by atoms with Crippen molar-refractivity contribution in [1.82, 2.24) is 4.90 Å². The number of hydrogen-bond acceptors (Lipinski definition) is 3. The topological polar surface area (TPSA) is 38.5 Å². The van der Waals surface area contributed by atoms with Crippen LogP contribution in [0.4, 0.5) is 8.78 Å². The number of hydrogen-bond donors (Lipinski definition) is 1. The summed E-state index contributed by atoms with van der Waals surface area (Å²) < 4.78 is 32.5. The lowest BCUT2D eigenvalue weighted by Crippen LogP contribution is -2.42. The van der Waals surface area contributed by atoms with Gasteiger partial charge in [0.05, 0.1) is 12.6 Å². The zero-order valence-electron chi connectivity index (χ0n) is 11.8. The zero-order valence-corrected chi connectivity index (χ0v) is 11.8. The lowest BCUT2D eigenvalue weighted by atomic mass is 9.95. The number of nitrogens with two attached hydrogens (primary N) is 1. The summed E-state index contributed by atoms with van der Waals surface area (Å²) in [6.45, 7) is 2.64. The average Bonchev–Trinajstić information content (AvgIpc) is 2.44. The van der Waals surface area contributed by atoms with Crippen LogP contribution in [-0.4, -0.2) is 38.3 Å². The molecule has 20 heavy (non-hydrogen) atoms. The van der Waals surface area contributed by atoms with Gasteiger partial charge in [0.15, 0.2) is 0 Å². The average molecular weight is 284 g/mol. The normalized spacial score (nSPS) is 21.9. The number of methoxy groups -OCH3 is 1. The molecule has 0 radical (unpaired) electrons. The standard InChI is InChI=1S/C15H22F2N2O/c1-20-10-11-3-2-6-19(9-11)15(8-18)13-7-12(16)4-5-14(13)17/h4-5,7,11,15H,2-3,6,8-10,18H2,1H3. The van der Waals surface area contributed by atoms with Crippen LogP contribution >= 0.6 is 0 Å². The van der Waals surface area contributed by atoms with Crippen LogP contribution in [-0.2, 0) is 4.74 Å². The molecule has 1 saturated heterocycles.